The molecule has 0 rings (SSSR count). The van der Waals surface area contributed by atoms with Crippen molar-refractivity contribution >= 4 is 5.97 Å². The fraction of sp³-hybridized carbons (Fsp3) is 0.917. The summed E-state index contributed by atoms with van der Waals surface area (Å²) < 4.78 is 21.3. The van der Waals surface area contributed by atoms with E-state index in [4.69, 9.17) is 18.9 Å². The highest BCUT2D eigenvalue weighted by Gasteiger charge is 2.33. The van der Waals surface area contributed by atoms with Crippen molar-refractivity contribution in [1.29, 1.82) is 0 Å². The summed E-state index contributed by atoms with van der Waals surface area (Å²) in [4.78, 5) is 11.3. The van der Waals surface area contributed by atoms with Crippen LogP contribution in [-0.2, 0) is 23.7 Å². The van der Waals surface area contributed by atoms with Gasteiger partial charge < -0.3 is 18.9 Å². The standard InChI is InChI=1S/C12H24O5/c1-5-14-11(13)9-10-12(15-6-2,16-7-3)17-8-4/h5-10H2,1-4H3. The van der Waals surface area contributed by atoms with E-state index in [9.17, 15) is 4.79 Å². The summed E-state index contributed by atoms with van der Waals surface area (Å²) in [6.45, 7) is 9.11. The van der Waals surface area contributed by atoms with E-state index in [0.717, 1.165) is 0 Å². The lowest BCUT2D eigenvalue weighted by molar-refractivity contribution is -0.379. The Morgan fingerprint density at radius 3 is 1.71 bits per heavy atom. The second-order valence-corrected chi connectivity index (χ2v) is 3.29. The van der Waals surface area contributed by atoms with E-state index in [0.29, 0.717) is 32.8 Å². The van der Waals surface area contributed by atoms with Crippen molar-refractivity contribution in [2.45, 2.75) is 46.5 Å². The molecule has 0 atom stereocenters. The Bertz CT molecular complexity index is 188. The highest BCUT2D eigenvalue weighted by molar-refractivity contribution is 5.69. The molecule has 0 bridgehead atoms. The minimum Gasteiger partial charge on any atom is -0.466 e. The maximum atomic E-state index is 11.3. The number of carbonyl (C=O) groups excluding carboxylic acids is 1. The quantitative estimate of drug-likeness (QED) is 0.437. The van der Waals surface area contributed by atoms with Crippen LogP contribution in [-0.4, -0.2) is 38.4 Å². The van der Waals surface area contributed by atoms with Gasteiger partial charge in [-0.3, -0.25) is 4.79 Å². The number of carbonyl (C=O) groups is 1. The molecular weight excluding hydrogens is 224 g/mol. The molecule has 0 N–H and O–H groups in total. The molecule has 0 aromatic rings. The van der Waals surface area contributed by atoms with Crippen molar-refractivity contribution in [3.63, 3.8) is 0 Å². The van der Waals surface area contributed by atoms with E-state index in [2.05, 4.69) is 0 Å². The van der Waals surface area contributed by atoms with Gasteiger partial charge in [-0.15, -0.1) is 0 Å². The second kappa shape index (κ2) is 9.39. The van der Waals surface area contributed by atoms with Crippen LogP contribution in [0.4, 0.5) is 0 Å². The van der Waals surface area contributed by atoms with Crippen LogP contribution in [0.1, 0.15) is 40.5 Å². The number of hydrogen-bond donors (Lipinski definition) is 0. The van der Waals surface area contributed by atoms with Gasteiger partial charge >= 0.3 is 5.97 Å². The van der Waals surface area contributed by atoms with Gasteiger partial charge in [-0.1, -0.05) is 0 Å². The first-order valence-corrected chi connectivity index (χ1v) is 6.21. The predicted octanol–water partition coefficient (Wildman–Crippen LogP) is 2.09. The second-order valence-electron chi connectivity index (χ2n) is 3.29. The fourth-order valence-corrected chi connectivity index (χ4v) is 1.49. The van der Waals surface area contributed by atoms with Crippen LogP contribution in [0.15, 0.2) is 0 Å². The summed E-state index contributed by atoms with van der Waals surface area (Å²) in [5.74, 6) is -1.39. The maximum absolute atomic E-state index is 11.3. The Balaban J connectivity index is 4.37. The van der Waals surface area contributed by atoms with Gasteiger partial charge in [0.15, 0.2) is 0 Å². The number of rotatable bonds is 10. The summed E-state index contributed by atoms with van der Waals surface area (Å²) in [5, 5.41) is 0. The van der Waals surface area contributed by atoms with Gasteiger partial charge in [0, 0.05) is 26.2 Å². The molecule has 5 nitrogen and oxygen atoms in total. The summed E-state index contributed by atoms with van der Waals surface area (Å²) in [7, 11) is 0. The van der Waals surface area contributed by atoms with Crippen molar-refractivity contribution in [3.05, 3.63) is 0 Å². The third-order valence-electron chi connectivity index (χ3n) is 2.03. The summed E-state index contributed by atoms with van der Waals surface area (Å²) in [6.07, 6.45) is 0.551. The third-order valence-corrected chi connectivity index (χ3v) is 2.03. The lowest BCUT2D eigenvalue weighted by atomic mass is 10.2. The molecule has 0 fully saturated rings. The maximum Gasteiger partial charge on any atom is 0.306 e. The number of ether oxygens (including phenoxy) is 4. The van der Waals surface area contributed by atoms with Crippen LogP contribution in [0.2, 0.25) is 0 Å². The van der Waals surface area contributed by atoms with Gasteiger partial charge in [-0.2, -0.15) is 0 Å². The third kappa shape index (κ3) is 6.61. The Hall–Kier alpha value is -0.650. The van der Waals surface area contributed by atoms with Crippen molar-refractivity contribution in [3.8, 4) is 0 Å². The fourth-order valence-electron chi connectivity index (χ4n) is 1.49. The molecule has 0 aromatic heterocycles. The van der Waals surface area contributed by atoms with Crippen molar-refractivity contribution in [2.24, 2.45) is 0 Å². The molecule has 17 heavy (non-hydrogen) atoms. The van der Waals surface area contributed by atoms with Gasteiger partial charge in [0.2, 0.25) is 0 Å². The summed E-state index contributed by atoms with van der Waals surface area (Å²) >= 11 is 0. The molecule has 0 saturated carbocycles. The lowest BCUT2D eigenvalue weighted by Crippen LogP contribution is -2.40. The molecule has 0 amide bonds. The average molecular weight is 248 g/mol. The average Bonchev–Trinajstić information content (AvgIpc) is 2.28. The zero-order valence-electron chi connectivity index (χ0n) is 11.3. The van der Waals surface area contributed by atoms with Gasteiger partial charge in [-0.25, -0.2) is 0 Å². The molecule has 0 aliphatic heterocycles. The lowest BCUT2D eigenvalue weighted by Gasteiger charge is -2.32. The first-order chi connectivity index (χ1) is 8.14. The Kier molecular flexibility index (Phi) is 9.03. The Morgan fingerprint density at radius 1 is 0.882 bits per heavy atom. The van der Waals surface area contributed by atoms with Crippen molar-refractivity contribution < 1.29 is 23.7 Å². The van der Waals surface area contributed by atoms with E-state index in [1.54, 1.807) is 6.92 Å². The first-order valence-electron chi connectivity index (χ1n) is 6.21. The van der Waals surface area contributed by atoms with Crippen LogP contribution >= 0.6 is 0 Å². The molecule has 102 valence electrons. The zero-order valence-corrected chi connectivity index (χ0v) is 11.3. The normalized spacial score (nSPS) is 11.5. The van der Waals surface area contributed by atoms with Crippen LogP contribution < -0.4 is 0 Å². The molecule has 0 aromatic carbocycles. The highest BCUT2D eigenvalue weighted by atomic mass is 16.9. The van der Waals surface area contributed by atoms with Gasteiger partial charge in [0.1, 0.15) is 0 Å². The van der Waals surface area contributed by atoms with E-state index in [1.807, 2.05) is 20.8 Å². The SMILES string of the molecule is CCOC(=O)CCC(OCC)(OCC)OCC. The predicted molar refractivity (Wildman–Crippen MR) is 63.5 cm³/mol. The van der Waals surface area contributed by atoms with Crippen molar-refractivity contribution in [1.82, 2.24) is 0 Å². The van der Waals surface area contributed by atoms with Crippen molar-refractivity contribution in [2.75, 3.05) is 26.4 Å². The van der Waals surface area contributed by atoms with Crippen LogP contribution in [0.5, 0.6) is 0 Å². The molecule has 0 unspecified atom stereocenters. The number of esters is 1. The minimum atomic E-state index is -1.12. The van der Waals surface area contributed by atoms with Crippen LogP contribution in [0, 0.1) is 0 Å². The Labute approximate surface area is 103 Å². The molecule has 0 radical (unpaired) electrons. The van der Waals surface area contributed by atoms with E-state index >= 15 is 0 Å². The van der Waals surface area contributed by atoms with Crippen LogP contribution in [0.3, 0.4) is 0 Å². The first kappa shape index (κ1) is 16.4. The largest absolute Gasteiger partial charge is 0.466 e. The summed E-state index contributed by atoms with van der Waals surface area (Å²) in [6, 6.07) is 0. The van der Waals surface area contributed by atoms with Gasteiger partial charge in [-0.05, 0) is 27.7 Å². The summed E-state index contributed by atoms with van der Waals surface area (Å²) in [5.41, 5.74) is 0. The van der Waals surface area contributed by atoms with Gasteiger partial charge in [0.25, 0.3) is 5.97 Å². The highest BCUT2D eigenvalue weighted by Crippen LogP contribution is 2.22. The topological polar surface area (TPSA) is 54.0 Å². The molecule has 0 aliphatic rings. The molecular formula is C12H24O5. The van der Waals surface area contributed by atoms with E-state index in [1.165, 1.54) is 0 Å². The van der Waals surface area contributed by atoms with E-state index in [-0.39, 0.29) is 12.4 Å². The zero-order chi connectivity index (χ0) is 13.1. The molecule has 0 spiro atoms. The monoisotopic (exact) mass is 248 g/mol. The van der Waals surface area contributed by atoms with Crippen LogP contribution in [0.25, 0.3) is 0 Å². The molecule has 0 heterocycles. The minimum absolute atomic E-state index is 0.216. The molecule has 0 saturated heterocycles. The smallest absolute Gasteiger partial charge is 0.306 e. The Morgan fingerprint density at radius 2 is 1.35 bits per heavy atom. The molecule has 0 aliphatic carbocycles. The molecule has 5 heteroatoms. The number of hydrogen-bond acceptors (Lipinski definition) is 5. The van der Waals surface area contributed by atoms with E-state index < -0.39 is 5.97 Å². The van der Waals surface area contributed by atoms with Gasteiger partial charge in [0.05, 0.1) is 13.0 Å².